The zero-order valence-corrected chi connectivity index (χ0v) is 34.7. The number of hydrogen-bond donors (Lipinski definition) is 0. The maximum Gasteiger partial charge on any atom is 0.161 e. The first-order chi connectivity index (χ1) is 27.9. The smallest absolute Gasteiger partial charge is 0.161 e. The van der Waals surface area contributed by atoms with Crippen LogP contribution in [-0.2, 0) is 19.5 Å². The van der Waals surface area contributed by atoms with Crippen LogP contribution in [0.1, 0.15) is 110 Å². The van der Waals surface area contributed by atoms with Gasteiger partial charge in [0.2, 0.25) is 0 Å². The molecule has 0 N–H and O–H groups in total. The quantitative estimate of drug-likeness (QED) is 0.0953. The first kappa shape index (κ1) is 40.8. The number of rotatable bonds is 11. The molecule has 0 spiro atoms. The first-order valence-electron chi connectivity index (χ1n) is 20.8. The van der Waals surface area contributed by atoms with E-state index in [9.17, 15) is 0 Å². The minimum absolute atomic E-state index is 0.409. The van der Waals surface area contributed by atoms with Gasteiger partial charge in [-0.15, -0.1) is 0 Å². The number of nitrogens with zero attached hydrogens (tertiary/aromatic N) is 4. The second-order valence-electron chi connectivity index (χ2n) is 14.8. The molecule has 57 heavy (non-hydrogen) atoms. The molecule has 0 aliphatic heterocycles. The summed E-state index contributed by atoms with van der Waals surface area (Å²) in [7, 11) is 0. The van der Waals surface area contributed by atoms with Gasteiger partial charge in [-0.25, -0.2) is 15.0 Å². The Balaban J connectivity index is 0.00000270. The zero-order valence-electron chi connectivity index (χ0n) is 34.7. The lowest BCUT2D eigenvalue weighted by Crippen LogP contribution is -2.10. The summed E-state index contributed by atoms with van der Waals surface area (Å²) >= 11 is 0. The van der Waals surface area contributed by atoms with Crippen LogP contribution >= 0.6 is 0 Å². The van der Waals surface area contributed by atoms with Gasteiger partial charge >= 0.3 is 0 Å². The van der Waals surface area contributed by atoms with E-state index in [0.29, 0.717) is 30.2 Å². The third-order valence-electron chi connectivity index (χ3n) is 11.1. The van der Waals surface area contributed by atoms with E-state index in [0.717, 1.165) is 48.8 Å². The Hall–Kier alpha value is -5.87. The second kappa shape index (κ2) is 19.8. The van der Waals surface area contributed by atoms with Crippen LogP contribution in [0, 0.1) is 12.8 Å². The molecule has 2 unspecified atom stereocenters. The molecule has 2 aliphatic carbocycles. The molecule has 0 radical (unpaired) electrons. The van der Waals surface area contributed by atoms with E-state index >= 15 is 0 Å². The highest BCUT2D eigenvalue weighted by Crippen LogP contribution is 2.37. The molecule has 2 atom stereocenters. The monoisotopic (exact) mass is 750 g/mol. The fourth-order valence-corrected chi connectivity index (χ4v) is 7.62. The molecular formula is C53H58N4. The number of aromatic nitrogens is 1. The van der Waals surface area contributed by atoms with Crippen molar-refractivity contribution in [2.24, 2.45) is 20.9 Å². The molecule has 0 fully saturated rings. The maximum atomic E-state index is 5.36. The van der Waals surface area contributed by atoms with Gasteiger partial charge in [0.05, 0.1) is 0 Å². The number of hydrogen-bond acceptors (Lipinski definition) is 1. The van der Waals surface area contributed by atoms with Crippen LogP contribution in [0.3, 0.4) is 0 Å². The van der Waals surface area contributed by atoms with Crippen LogP contribution in [0.2, 0.25) is 0 Å². The van der Waals surface area contributed by atoms with Crippen LogP contribution in [-0.4, -0.2) is 23.0 Å². The molecule has 4 nitrogen and oxygen atoms in total. The summed E-state index contributed by atoms with van der Waals surface area (Å²) in [5.74, 6) is 2.16. The van der Waals surface area contributed by atoms with Crippen molar-refractivity contribution in [1.82, 2.24) is 4.57 Å². The summed E-state index contributed by atoms with van der Waals surface area (Å²) in [6.45, 7) is 17.5. The molecule has 7 rings (SSSR count). The van der Waals surface area contributed by atoms with Gasteiger partial charge in [-0.05, 0) is 108 Å². The number of fused-ring (bicyclic) bond motifs is 1. The molecule has 2 aliphatic rings. The van der Waals surface area contributed by atoms with Crippen molar-refractivity contribution in [3.05, 3.63) is 184 Å². The number of amidine groups is 2. The molecule has 0 amide bonds. The van der Waals surface area contributed by atoms with E-state index < -0.39 is 0 Å². The summed E-state index contributed by atoms with van der Waals surface area (Å²) in [5.41, 5.74) is 14.6. The maximum absolute atomic E-state index is 5.36. The highest BCUT2D eigenvalue weighted by molar-refractivity contribution is 6.12. The van der Waals surface area contributed by atoms with Crippen molar-refractivity contribution in [3.63, 3.8) is 0 Å². The molecule has 4 aromatic carbocycles. The Kier molecular flexibility index (Phi) is 14.2. The Labute approximate surface area is 341 Å². The second-order valence-corrected chi connectivity index (χ2v) is 14.8. The predicted molar refractivity (Wildman–Crippen MR) is 248 cm³/mol. The lowest BCUT2D eigenvalue weighted by molar-refractivity contribution is 0.673. The van der Waals surface area contributed by atoms with E-state index in [4.69, 9.17) is 9.98 Å². The molecule has 1 aromatic heterocycles. The average Bonchev–Trinajstić information content (AvgIpc) is 3.58. The lowest BCUT2D eigenvalue weighted by Gasteiger charge is -2.14. The SMILES string of the molecule is C=NC(=N/C(=N\Cn1c(/C=C\Cc2ccccc2C)c(C(C)CC)c2c1CCC=C2)c1ccc(C2=CCC(C)C=C2)cc1)c1ccc(-c2ccccc2)cc1.CC. The van der Waals surface area contributed by atoms with E-state index in [1.807, 2.05) is 19.9 Å². The highest BCUT2D eigenvalue weighted by Gasteiger charge is 2.24. The van der Waals surface area contributed by atoms with Crippen LogP contribution in [0.15, 0.2) is 148 Å². The van der Waals surface area contributed by atoms with Gasteiger partial charge < -0.3 is 4.57 Å². The number of aryl methyl sites for hydroxylation is 1. The number of benzene rings is 4. The van der Waals surface area contributed by atoms with Crippen LogP contribution in [0.25, 0.3) is 28.9 Å². The summed E-state index contributed by atoms with van der Waals surface area (Å²) in [5, 5.41) is 0. The van der Waals surface area contributed by atoms with Crippen molar-refractivity contribution in [3.8, 4) is 11.1 Å². The van der Waals surface area contributed by atoms with Gasteiger partial charge in [0, 0.05) is 22.5 Å². The molecule has 290 valence electrons. The Morgan fingerprint density at radius 1 is 0.842 bits per heavy atom. The molecule has 4 heteroatoms. The van der Waals surface area contributed by atoms with Crippen LogP contribution in [0.5, 0.6) is 0 Å². The Morgan fingerprint density at radius 3 is 2.18 bits per heavy atom. The zero-order chi connectivity index (χ0) is 40.1. The van der Waals surface area contributed by atoms with Gasteiger partial charge in [0.25, 0.3) is 0 Å². The summed E-state index contributed by atoms with van der Waals surface area (Å²) < 4.78 is 2.44. The topological polar surface area (TPSA) is 42.0 Å². The Morgan fingerprint density at radius 2 is 1.51 bits per heavy atom. The van der Waals surface area contributed by atoms with Gasteiger partial charge in [-0.2, -0.15) is 0 Å². The van der Waals surface area contributed by atoms with E-state index in [1.165, 1.54) is 50.3 Å². The van der Waals surface area contributed by atoms with Crippen molar-refractivity contribution < 1.29 is 0 Å². The third kappa shape index (κ3) is 9.75. The number of allylic oxidation sites excluding steroid dienone is 6. The molecule has 0 saturated heterocycles. The minimum Gasteiger partial charge on any atom is -0.324 e. The van der Waals surface area contributed by atoms with Crippen LogP contribution < -0.4 is 0 Å². The Bertz CT molecular complexity index is 2310. The largest absolute Gasteiger partial charge is 0.324 e. The van der Waals surface area contributed by atoms with E-state index in [2.05, 4.69) is 184 Å². The molecule has 0 bridgehead atoms. The standard InChI is InChI=1S/C51H52N4.C2H6/c1-6-37(3)49-46-20-12-13-21-47(46)55(48(49)22-14-19-39-16-11-10-15-38(39)4)35-53-51(45-33-29-43(30-34-45)41-25-23-36(2)24-26-41)54-50(52-5)44-31-27-42(28-32-44)40-17-8-7-9-18-40;1-2/h7-12,14-18,20,22-23,25-34,36-37H,5-6,13,19,21,24,35H2,1-4H3;1-2H3/b22-14-,53-51-,54-50?;. The van der Waals surface area contributed by atoms with Crippen molar-refractivity contribution in [1.29, 1.82) is 0 Å². The highest BCUT2D eigenvalue weighted by atomic mass is 15.1. The molecule has 1 heterocycles. The molecule has 0 saturated carbocycles. The fourth-order valence-electron chi connectivity index (χ4n) is 7.62. The van der Waals surface area contributed by atoms with Crippen molar-refractivity contribution in [2.45, 2.75) is 86.2 Å². The summed E-state index contributed by atoms with van der Waals surface area (Å²) in [6.07, 6.45) is 21.2. The van der Waals surface area contributed by atoms with Gasteiger partial charge in [-0.3, -0.25) is 0 Å². The van der Waals surface area contributed by atoms with Crippen LogP contribution in [0.4, 0.5) is 0 Å². The average molecular weight is 751 g/mol. The number of aliphatic imine (C=N–C) groups is 3. The lowest BCUT2D eigenvalue weighted by atomic mass is 9.91. The summed E-state index contributed by atoms with van der Waals surface area (Å²) in [6, 6.07) is 36.1. The fraction of sp³-hybridized carbons (Fsp3) is 0.264. The molecule has 5 aromatic rings. The van der Waals surface area contributed by atoms with Gasteiger partial charge in [-0.1, -0.05) is 174 Å². The first-order valence-corrected chi connectivity index (χ1v) is 20.8. The molecular weight excluding hydrogens is 693 g/mol. The van der Waals surface area contributed by atoms with E-state index in [-0.39, 0.29) is 0 Å². The summed E-state index contributed by atoms with van der Waals surface area (Å²) in [4.78, 5) is 15.0. The van der Waals surface area contributed by atoms with Gasteiger partial charge in [0.1, 0.15) is 6.67 Å². The van der Waals surface area contributed by atoms with Crippen molar-refractivity contribution >= 4 is 36.1 Å². The third-order valence-corrected chi connectivity index (χ3v) is 11.1. The van der Waals surface area contributed by atoms with Gasteiger partial charge in [0.15, 0.2) is 11.7 Å². The van der Waals surface area contributed by atoms with E-state index in [1.54, 1.807) is 0 Å². The normalized spacial score (nSPS) is 15.8. The van der Waals surface area contributed by atoms with Crippen molar-refractivity contribution in [2.75, 3.05) is 0 Å². The minimum atomic E-state index is 0.409. The predicted octanol–water partition coefficient (Wildman–Crippen LogP) is 13.7.